The van der Waals surface area contributed by atoms with E-state index >= 15 is 0 Å². The summed E-state index contributed by atoms with van der Waals surface area (Å²) in [7, 11) is 1.15. The number of pyridine rings is 1. The second-order valence-corrected chi connectivity index (χ2v) is 10.9. The smallest absolute Gasteiger partial charge is 0.424 e. The number of alkyl halides is 5. The average Bonchev–Trinajstić information content (AvgIpc) is 3.58. The molecule has 1 unspecified atom stereocenters. The van der Waals surface area contributed by atoms with Gasteiger partial charge >= 0.3 is 12.7 Å². The number of hydrogen-bond donors (Lipinski definition) is 3. The number of benzene rings is 2. The number of amides is 2. The van der Waals surface area contributed by atoms with Crippen molar-refractivity contribution in [1.82, 2.24) is 20.1 Å². The molecule has 0 aliphatic carbocycles. The van der Waals surface area contributed by atoms with Crippen molar-refractivity contribution >= 4 is 34.3 Å². The van der Waals surface area contributed by atoms with Crippen LogP contribution in [0.4, 0.5) is 30.7 Å². The maximum Gasteiger partial charge on any atom is 0.424 e. The van der Waals surface area contributed by atoms with Crippen LogP contribution in [0, 0.1) is 11.6 Å². The summed E-state index contributed by atoms with van der Waals surface area (Å²) < 4.78 is 110. The minimum Gasteiger partial charge on any atom is -0.494 e. The summed E-state index contributed by atoms with van der Waals surface area (Å²) in [5.74, 6) is -5.27. The van der Waals surface area contributed by atoms with Gasteiger partial charge in [0.25, 0.3) is 5.91 Å². The molecule has 0 radical (unpaired) electrons. The summed E-state index contributed by atoms with van der Waals surface area (Å²) in [5.41, 5.74) is -3.49. The molecule has 4 N–H and O–H groups in total. The fraction of sp³-hybridized carbons (Fsp3) is 0.286. The Hall–Kier alpha value is -4.64. The number of rotatable bonds is 8. The maximum atomic E-state index is 15.0. The van der Waals surface area contributed by atoms with Crippen molar-refractivity contribution in [3.8, 4) is 22.8 Å². The largest absolute Gasteiger partial charge is 0.494 e. The summed E-state index contributed by atoms with van der Waals surface area (Å²) in [6.07, 6.45) is -4.68. The van der Waals surface area contributed by atoms with E-state index in [-0.39, 0.29) is 38.2 Å². The Kier molecular flexibility index (Phi) is 8.05. The van der Waals surface area contributed by atoms with Gasteiger partial charge in [-0.05, 0) is 31.2 Å². The molecule has 18 heteroatoms. The average molecular weight is 676 g/mol. The zero-order valence-corrected chi connectivity index (χ0v) is 24.2. The molecule has 0 saturated heterocycles. The van der Waals surface area contributed by atoms with E-state index in [4.69, 9.17) is 26.8 Å². The van der Waals surface area contributed by atoms with Gasteiger partial charge in [-0.2, -0.15) is 27.1 Å². The fourth-order valence-corrected chi connectivity index (χ4v) is 5.00. The van der Waals surface area contributed by atoms with E-state index in [0.717, 1.165) is 31.5 Å². The molecule has 2 aromatic heterocycles. The molecule has 3 heterocycles. The van der Waals surface area contributed by atoms with E-state index in [1.807, 2.05) is 5.32 Å². The first-order chi connectivity index (χ1) is 21.4. The monoisotopic (exact) mass is 675 g/mol. The van der Waals surface area contributed by atoms with Gasteiger partial charge in [0.1, 0.15) is 46.4 Å². The number of hydrogen-bond acceptors (Lipinski definition) is 7. The molecule has 2 atom stereocenters. The zero-order valence-electron chi connectivity index (χ0n) is 23.5. The molecular weight excluding hydrogens is 655 g/mol. The van der Waals surface area contributed by atoms with Crippen molar-refractivity contribution in [2.45, 2.75) is 30.7 Å². The van der Waals surface area contributed by atoms with Gasteiger partial charge in [0.15, 0.2) is 0 Å². The van der Waals surface area contributed by atoms with Gasteiger partial charge in [0, 0.05) is 34.3 Å². The van der Waals surface area contributed by atoms with Gasteiger partial charge in [-0.25, -0.2) is 18.4 Å². The topological polar surface area (TPSA) is 142 Å². The number of ether oxygens (including phenoxy) is 2. The zero-order chi connectivity index (χ0) is 33.9. The third kappa shape index (κ3) is 5.32. The predicted molar refractivity (Wildman–Crippen MR) is 146 cm³/mol. The lowest BCUT2D eigenvalue weighted by Crippen LogP contribution is -2.51. The molecule has 2 amide bonds. The Bertz CT molecular complexity index is 1900. The van der Waals surface area contributed by atoms with Gasteiger partial charge in [0.2, 0.25) is 11.5 Å². The third-order valence-electron chi connectivity index (χ3n) is 7.55. The van der Waals surface area contributed by atoms with Crippen molar-refractivity contribution in [1.29, 1.82) is 0 Å². The summed E-state index contributed by atoms with van der Waals surface area (Å²) in [6, 6.07) is 3.87. The van der Waals surface area contributed by atoms with Crippen molar-refractivity contribution in [3.63, 3.8) is 0 Å². The molecule has 46 heavy (non-hydrogen) atoms. The second-order valence-electron chi connectivity index (χ2n) is 10.5. The number of methoxy groups -OCH3 is 1. The number of carbonyl (C=O) groups is 2. The molecule has 1 aliphatic rings. The number of nitrogens with one attached hydrogen (secondary N) is 1. The third-order valence-corrected chi connectivity index (χ3v) is 7.84. The van der Waals surface area contributed by atoms with Crippen LogP contribution in [0.3, 0.4) is 0 Å². The van der Waals surface area contributed by atoms with Crippen LogP contribution in [0.25, 0.3) is 22.2 Å². The lowest BCUT2D eigenvalue weighted by Gasteiger charge is -2.31. The summed E-state index contributed by atoms with van der Waals surface area (Å²) >= 11 is 5.80. The number of nitrogens with zero attached hydrogens (tertiary/aromatic N) is 3. The molecule has 1 aliphatic heterocycles. The quantitative estimate of drug-likeness (QED) is 0.181. The van der Waals surface area contributed by atoms with Crippen LogP contribution in [-0.2, 0) is 15.8 Å². The first-order valence-corrected chi connectivity index (χ1v) is 13.3. The number of aromatic nitrogens is 3. The molecular formula is C28H21ClF7N5O5. The lowest BCUT2D eigenvalue weighted by molar-refractivity contribution is -0.265. The van der Waals surface area contributed by atoms with Gasteiger partial charge in [-0.3, -0.25) is 9.59 Å². The highest BCUT2D eigenvalue weighted by atomic mass is 35.5. The Morgan fingerprint density at radius 3 is 2.50 bits per heavy atom. The van der Waals surface area contributed by atoms with Crippen LogP contribution in [0.2, 0.25) is 5.02 Å². The molecule has 0 bridgehead atoms. The number of fused-ring (bicyclic) bond motifs is 2. The summed E-state index contributed by atoms with van der Waals surface area (Å²) in [6.45, 7) is -3.89. The lowest BCUT2D eigenvalue weighted by atomic mass is 9.81. The maximum absolute atomic E-state index is 15.0. The molecule has 10 nitrogen and oxygen atoms in total. The number of aliphatic hydroxyl groups is 1. The number of nitrogens with two attached hydrogens (primary N) is 1. The highest BCUT2D eigenvalue weighted by Crippen LogP contribution is 2.48. The van der Waals surface area contributed by atoms with E-state index in [1.54, 1.807) is 0 Å². The van der Waals surface area contributed by atoms with Crippen LogP contribution in [-0.4, -0.2) is 58.1 Å². The molecule has 2 aromatic carbocycles. The minimum atomic E-state index is -5.57. The molecule has 4 aromatic rings. The highest BCUT2D eigenvalue weighted by Gasteiger charge is 2.58. The summed E-state index contributed by atoms with van der Waals surface area (Å²) in [5, 5.41) is 16.1. The van der Waals surface area contributed by atoms with Gasteiger partial charge < -0.3 is 25.6 Å². The first kappa shape index (κ1) is 32.7. The van der Waals surface area contributed by atoms with Crippen molar-refractivity contribution in [2.24, 2.45) is 5.73 Å². The highest BCUT2D eigenvalue weighted by molar-refractivity contribution is 6.31. The van der Waals surface area contributed by atoms with E-state index in [9.17, 15) is 45.4 Å². The Morgan fingerprint density at radius 1 is 1.20 bits per heavy atom. The van der Waals surface area contributed by atoms with Gasteiger partial charge in [-0.15, -0.1) is 0 Å². The molecule has 0 saturated carbocycles. The van der Waals surface area contributed by atoms with Crippen LogP contribution in [0.5, 0.6) is 11.5 Å². The van der Waals surface area contributed by atoms with Crippen LogP contribution in [0.15, 0.2) is 36.5 Å². The van der Waals surface area contributed by atoms with Crippen LogP contribution < -0.4 is 20.5 Å². The Balaban J connectivity index is 1.61. The SMILES string of the molecule is COc1cc(C(=O)NCC(O)(c2cc3c(c(-c4cc(Cl)c(F)cc4F)n2)OC[C@]3(C)C(N)=O)C(F)(F)F)cc2cn(C(F)F)nc12. The Labute approximate surface area is 258 Å². The van der Waals surface area contributed by atoms with Crippen LogP contribution in [0.1, 0.15) is 35.1 Å². The predicted octanol–water partition coefficient (Wildman–Crippen LogP) is 4.75. The van der Waals surface area contributed by atoms with E-state index in [1.165, 1.54) is 6.92 Å². The van der Waals surface area contributed by atoms with E-state index < -0.39 is 82.3 Å². The standard InChI is InChI=1S/C28H21ClF7N5O5/c1-26(24(37)43)10-46-22-14(26)6-19(39-21(22)13-5-15(29)17(31)7-16(13)30)27(44,28(34,35)36)9-38-23(42)11-3-12-8-41(25(32)33)40-20(12)18(4-11)45-2/h3-8,25,44H,9-10H2,1-2H3,(H2,37,43)(H,38,42)/t26-,27?/m0/s1. The Morgan fingerprint density at radius 2 is 1.89 bits per heavy atom. The van der Waals surface area contributed by atoms with Crippen molar-refractivity contribution in [2.75, 3.05) is 20.3 Å². The van der Waals surface area contributed by atoms with Gasteiger partial charge in [0.05, 0.1) is 24.4 Å². The molecule has 244 valence electrons. The number of halogens is 8. The van der Waals surface area contributed by atoms with Crippen molar-refractivity contribution < 1.29 is 54.9 Å². The molecule has 0 spiro atoms. The first-order valence-electron chi connectivity index (χ1n) is 13.0. The normalized spacial score (nSPS) is 17.5. The minimum absolute atomic E-state index is 0.00784. The number of carbonyl (C=O) groups excluding carboxylic acids is 2. The molecule has 0 fully saturated rings. The fourth-order valence-electron chi connectivity index (χ4n) is 4.84. The second kappa shape index (κ2) is 11.3. The molecule has 5 rings (SSSR count). The summed E-state index contributed by atoms with van der Waals surface area (Å²) in [4.78, 5) is 29.3. The van der Waals surface area contributed by atoms with E-state index in [2.05, 4.69) is 10.1 Å². The van der Waals surface area contributed by atoms with Gasteiger partial charge in [-0.1, -0.05) is 11.6 Å². The number of primary amides is 1. The van der Waals surface area contributed by atoms with Crippen molar-refractivity contribution in [3.05, 3.63) is 70.0 Å². The van der Waals surface area contributed by atoms with E-state index in [0.29, 0.717) is 12.1 Å². The van der Waals surface area contributed by atoms with Crippen LogP contribution >= 0.6 is 11.6 Å².